The summed E-state index contributed by atoms with van der Waals surface area (Å²) >= 11 is 1.63. The highest BCUT2D eigenvalue weighted by molar-refractivity contribution is 7.15. The number of aromatic amines is 1. The van der Waals surface area contributed by atoms with Crippen LogP contribution < -0.4 is 0 Å². The molecule has 1 saturated heterocycles. The normalized spacial score (nSPS) is 18.7. The van der Waals surface area contributed by atoms with Gasteiger partial charge in [0, 0.05) is 30.9 Å². The van der Waals surface area contributed by atoms with Gasteiger partial charge in [0.25, 0.3) is 0 Å². The first kappa shape index (κ1) is 17.0. The molecule has 1 amide bonds. The maximum atomic E-state index is 12.3. The highest BCUT2D eigenvalue weighted by Gasteiger charge is 2.29. The Balaban J connectivity index is 1.69. The van der Waals surface area contributed by atoms with Crippen LogP contribution in [0.1, 0.15) is 50.2 Å². The number of thiazole rings is 1. The molecule has 1 fully saturated rings. The fraction of sp³-hybridized carbons (Fsp3) is 0.588. The van der Waals surface area contributed by atoms with Gasteiger partial charge >= 0.3 is 6.09 Å². The summed E-state index contributed by atoms with van der Waals surface area (Å²) in [6.07, 6.45) is 3.64. The molecule has 0 saturated carbocycles. The van der Waals surface area contributed by atoms with Gasteiger partial charge in [0.05, 0.1) is 9.88 Å². The molecule has 1 aliphatic heterocycles. The monoisotopic (exact) mass is 348 g/mol. The van der Waals surface area contributed by atoms with Gasteiger partial charge in [-0.05, 0) is 46.6 Å². The zero-order valence-corrected chi connectivity index (χ0v) is 15.4. The smallest absolute Gasteiger partial charge is 0.410 e. The van der Waals surface area contributed by atoms with Gasteiger partial charge in [-0.15, -0.1) is 11.3 Å². The third-order valence-corrected chi connectivity index (χ3v) is 4.92. The average molecular weight is 348 g/mol. The molecule has 0 radical (unpaired) electrons. The molecule has 3 heterocycles. The Morgan fingerprint density at radius 1 is 1.46 bits per heavy atom. The second-order valence-corrected chi connectivity index (χ2v) is 8.45. The topological polar surface area (TPSA) is 71.1 Å². The van der Waals surface area contributed by atoms with Crippen LogP contribution in [0.15, 0.2) is 12.3 Å². The summed E-state index contributed by atoms with van der Waals surface area (Å²) in [4.78, 5) is 19.4. The van der Waals surface area contributed by atoms with Crippen molar-refractivity contribution in [2.45, 2.75) is 52.1 Å². The van der Waals surface area contributed by atoms with Gasteiger partial charge in [-0.25, -0.2) is 9.78 Å². The molecule has 0 bridgehead atoms. The predicted octanol–water partition coefficient (Wildman–Crippen LogP) is 3.96. The Morgan fingerprint density at radius 2 is 2.25 bits per heavy atom. The first-order chi connectivity index (χ1) is 11.3. The van der Waals surface area contributed by atoms with Crippen molar-refractivity contribution in [3.63, 3.8) is 0 Å². The fourth-order valence-corrected chi connectivity index (χ4v) is 3.61. The van der Waals surface area contributed by atoms with E-state index in [0.29, 0.717) is 6.54 Å². The number of piperidine rings is 1. The molecule has 0 aliphatic carbocycles. The number of nitrogens with zero attached hydrogens (tertiary/aromatic N) is 3. The molecular weight excluding hydrogens is 324 g/mol. The molecule has 0 aromatic carbocycles. The minimum atomic E-state index is -0.463. The standard InChI is InChI=1S/C17H24N4O2S/c1-11-18-9-15(24-11)14-8-13(19-20-14)12-6-5-7-21(10-12)16(22)23-17(2,3)4/h8-9,12H,5-7,10H2,1-4H3,(H,19,20)/t12-/m0/s1. The lowest BCUT2D eigenvalue weighted by molar-refractivity contribution is 0.0197. The number of hydrogen-bond donors (Lipinski definition) is 1. The Morgan fingerprint density at radius 3 is 2.92 bits per heavy atom. The van der Waals surface area contributed by atoms with E-state index in [1.54, 1.807) is 16.2 Å². The van der Waals surface area contributed by atoms with E-state index in [-0.39, 0.29) is 12.0 Å². The summed E-state index contributed by atoms with van der Waals surface area (Å²) in [6.45, 7) is 9.08. The number of aromatic nitrogens is 3. The number of carbonyl (C=O) groups excluding carboxylic acids is 1. The summed E-state index contributed by atoms with van der Waals surface area (Å²) in [5.74, 6) is 0.265. The summed E-state index contributed by atoms with van der Waals surface area (Å²) in [5.41, 5.74) is 1.53. The van der Waals surface area contributed by atoms with E-state index >= 15 is 0 Å². The predicted molar refractivity (Wildman–Crippen MR) is 94.2 cm³/mol. The number of nitrogens with one attached hydrogen (secondary N) is 1. The minimum Gasteiger partial charge on any atom is -0.444 e. The first-order valence-corrected chi connectivity index (χ1v) is 9.09. The van der Waals surface area contributed by atoms with Crippen molar-refractivity contribution in [1.82, 2.24) is 20.1 Å². The van der Waals surface area contributed by atoms with Gasteiger partial charge in [0.15, 0.2) is 0 Å². The van der Waals surface area contributed by atoms with Crippen molar-refractivity contribution in [3.05, 3.63) is 23.0 Å². The van der Waals surface area contributed by atoms with Crippen molar-refractivity contribution in [1.29, 1.82) is 0 Å². The maximum Gasteiger partial charge on any atom is 0.410 e. The van der Waals surface area contributed by atoms with Crippen molar-refractivity contribution in [3.8, 4) is 10.6 Å². The fourth-order valence-electron chi connectivity index (χ4n) is 2.88. The molecule has 3 rings (SSSR count). The maximum absolute atomic E-state index is 12.3. The van der Waals surface area contributed by atoms with Gasteiger partial charge in [-0.2, -0.15) is 5.10 Å². The third-order valence-electron chi connectivity index (χ3n) is 3.98. The van der Waals surface area contributed by atoms with Gasteiger partial charge in [-0.1, -0.05) is 0 Å². The van der Waals surface area contributed by atoms with E-state index in [1.807, 2.05) is 33.9 Å². The average Bonchev–Trinajstić information content (AvgIpc) is 3.14. The molecule has 7 heteroatoms. The van der Waals surface area contributed by atoms with Crippen LogP contribution in [0.4, 0.5) is 4.79 Å². The van der Waals surface area contributed by atoms with Gasteiger partial charge in [-0.3, -0.25) is 5.10 Å². The van der Waals surface area contributed by atoms with Crippen molar-refractivity contribution < 1.29 is 9.53 Å². The van der Waals surface area contributed by atoms with Gasteiger partial charge in [0.2, 0.25) is 0 Å². The summed E-state index contributed by atoms with van der Waals surface area (Å²) < 4.78 is 5.49. The summed E-state index contributed by atoms with van der Waals surface area (Å²) in [6, 6.07) is 2.08. The van der Waals surface area contributed by atoms with Crippen LogP contribution in [-0.4, -0.2) is 44.9 Å². The van der Waals surface area contributed by atoms with Gasteiger partial charge in [0.1, 0.15) is 11.3 Å². The molecule has 0 unspecified atom stereocenters. The number of amides is 1. The lowest BCUT2D eigenvalue weighted by Gasteiger charge is -2.33. The zero-order valence-electron chi connectivity index (χ0n) is 14.6. The van der Waals surface area contributed by atoms with E-state index in [9.17, 15) is 4.79 Å². The molecular formula is C17H24N4O2S. The highest BCUT2D eigenvalue weighted by atomic mass is 32.1. The molecule has 1 atom stereocenters. The quantitative estimate of drug-likeness (QED) is 0.892. The number of likely N-dealkylation sites (tertiary alicyclic amines) is 1. The van der Waals surface area contributed by atoms with Crippen LogP contribution in [0.5, 0.6) is 0 Å². The van der Waals surface area contributed by atoms with E-state index in [1.165, 1.54) is 0 Å². The molecule has 24 heavy (non-hydrogen) atoms. The highest BCUT2D eigenvalue weighted by Crippen LogP contribution is 2.30. The largest absolute Gasteiger partial charge is 0.444 e. The SMILES string of the molecule is Cc1ncc(-c2cc([C@H]3CCCN(C(=O)OC(C)(C)C)C3)[nH]n2)s1. The van der Waals surface area contributed by atoms with E-state index < -0.39 is 5.60 Å². The number of ether oxygens (including phenoxy) is 1. The lowest BCUT2D eigenvalue weighted by Crippen LogP contribution is -2.42. The van der Waals surface area contributed by atoms with Crippen LogP contribution >= 0.6 is 11.3 Å². The number of carbonyl (C=O) groups is 1. The Labute approximate surface area is 146 Å². The second kappa shape index (κ2) is 6.55. The number of rotatable bonds is 2. The van der Waals surface area contributed by atoms with Crippen LogP contribution in [0.2, 0.25) is 0 Å². The van der Waals surface area contributed by atoms with E-state index in [2.05, 4.69) is 21.2 Å². The number of hydrogen-bond acceptors (Lipinski definition) is 5. The Bertz CT molecular complexity index is 716. The second-order valence-electron chi connectivity index (χ2n) is 7.22. The van der Waals surface area contributed by atoms with Crippen molar-refractivity contribution >= 4 is 17.4 Å². The molecule has 1 N–H and O–H groups in total. The van der Waals surface area contributed by atoms with Crippen LogP contribution in [-0.2, 0) is 4.74 Å². The van der Waals surface area contributed by atoms with E-state index in [0.717, 1.165) is 40.7 Å². The van der Waals surface area contributed by atoms with Crippen molar-refractivity contribution in [2.24, 2.45) is 0 Å². The lowest BCUT2D eigenvalue weighted by atomic mass is 9.95. The summed E-state index contributed by atoms with van der Waals surface area (Å²) in [5, 5.41) is 8.59. The molecule has 2 aromatic rings. The molecule has 1 aliphatic rings. The van der Waals surface area contributed by atoms with Gasteiger partial charge < -0.3 is 9.64 Å². The van der Waals surface area contributed by atoms with Crippen LogP contribution in [0, 0.1) is 6.92 Å². The Kier molecular flexibility index (Phi) is 4.62. The zero-order chi connectivity index (χ0) is 17.3. The van der Waals surface area contributed by atoms with Crippen LogP contribution in [0.25, 0.3) is 10.6 Å². The number of aryl methyl sites for hydroxylation is 1. The van der Waals surface area contributed by atoms with Crippen LogP contribution in [0.3, 0.4) is 0 Å². The third kappa shape index (κ3) is 3.95. The van der Waals surface area contributed by atoms with E-state index in [4.69, 9.17) is 4.74 Å². The summed E-state index contributed by atoms with van der Waals surface area (Å²) in [7, 11) is 0. The molecule has 0 spiro atoms. The molecule has 6 nitrogen and oxygen atoms in total. The molecule has 130 valence electrons. The molecule has 2 aromatic heterocycles. The number of H-pyrrole nitrogens is 1. The Hall–Kier alpha value is -1.89. The minimum absolute atomic E-state index is 0.231. The first-order valence-electron chi connectivity index (χ1n) is 8.28. The van der Waals surface area contributed by atoms with Crippen molar-refractivity contribution in [2.75, 3.05) is 13.1 Å².